The topological polar surface area (TPSA) is 66.5 Å². The van der Waals surface area contributed by atoms with E-state index in [1.165, 1.54) is 4.90 Å². The summed E-state index contributed by atoms with van der Waals surface area (Å²) in [7, 11) is 1.57. The molecule has 0 bridgehead atoms. The van der Waals surface area contributed by atoms with Crippen LogP contribution in [0.15, 0.2) is 42.5 Å². The number of hydrogen-bond donors (Lipinski definition) is 1. The van der Waals surface area contributed by atoms with Crippen molar-refractivity contribution in [3.05, 3.63) is 64.7 Å². The van der Waals surface area contributed by atoms with Gasteiger partial charge >= 0.3 is 0 Å². The predicted molar refractivity (Wildman–Crippen MR) is 107 cm³/mol. The molecule has 0 aliphatic heterocycles. The van der Waals surface area contributed by atoms with Gasteiger partial charge in [-0.3, -0.25) is 14.4 Å². The van der Waals surface area contributed by atoms with Gasteiger partial charge in [-0.25, -0.2) is 0 Å². The summed E-state index contributed by atoms with van der Waals surface area (Å²) in [5.41, 5.74) is 4.52. The Morgan fingerprint density at radius 1 is 0.926 bits per heavy atom. The van der Waals surface area contributed by atoms with E-state index in [9.17, 15) is 14.4 Å². The van der Waals surface area contributed by atoms with E-state index in [4.69, 9.17) is 0 Å². The van der Waals surface area contributed by atoms with Crippen molar-refractivity contribution in [2.75, 3.05) is 18.9 Å². The molecule has 0 atom stereocenters. The Morgan fingerprint density at radius 2 is 1.59 bits per heavy atom. The Bertz CT molecular complexity index is 841. The van der Waals surface area contributed by atoms with Gasteiger partial charge in [-0.2, -0.15) is 0 Å². The number of Topliss-reactive ketones (excluding diaryl/α,β-unsaturated/α-hetero) is 1. The fourth-order valence-electron chi connectivity index (χ4n) is 2.67. The van der Waals surface area contributed by atoms with E-state index < -0.39 is 0 Å². The van der Waals surface area contributed by atoms with E-state index in [-0.39, 0.29) is 37.0 Å². The van der Waals surface area contributed by atoms with Crippen LogP contribution in [0.25, 0.3) is 0 Å². The second-order valence-electron chi connectivity index (χ2n) is 6.83. The van der Waals surface area contributed by atoms with Gasteiger partial charge in [0.15, 0.2) is 5.78 Å². The van der Waals surface area contributed by atoms with E-state index in [0.717, 1.165) is 22.4 Å². The van der Waals surface area contributed by atoms with Crippen molar-refractivity contribution in [3.63, 3.8) is 0 Å². The molecular formula is C22H26N2O3. The lowest BCUT2D eigenvalue weighted by atomic mass is 10.0. The number of benzene rings is 2. The van der Waals surface area contributed by atoms with Gasteiger partial charge in [-0.05, 0) is 38.0 Å². The average Bonchev–Trinajstić information content (AvgIpc) is 2.63. The van der Waals surface area contributed by atoms with Gasteiger partial charge in [0.2, 0.25) is 11.8 Å². The lowest BCUT2D eigenvalue weighted by Gasteiger charge is -2.17. The minimum atomic E-state index is -0.260. The van der Waals surface area contributed by atoms with Gasteiger partial charge < -0.3 is 10.2 Å². The van der Waals surface area contributed by atoms with Crippen molar-refractivity contribution >= 4 is 23.3 Å². The van der Waals surface area contributed by atoms with Gasteiger partial charge in [0.05, 0.1) is 6.54 Å². The molecule has 2 amide bonds. The standard InChI is InChI=1S/C22H26N2O3/c1-15-8-10-18(11-9-15)20(25)12-13-22(27)24(4)14-21(26)23-19-7-5-6-16(2)17(19)3/h5-11H,12-14H2,1-4H3,(H,23,26). The summed E-state index contributed by atoms with van der Waals surface area (Å²) in [6.45, 7) is 5.82. The van der Waals surface area contributed by atoms with Gasteiger partial charge in [-0.15, -0.1) is 0 Å². The van der Waals surface area contributed by atoms with Crippen LogP contribution < -0.4 is 5.32 Å². The molecule has 2 aromatic rings. The maximum absolute atomic E-state index is 12.2. The third kappa shape index (κ3) is 5.78. The van der Waals surface area contributed by atoms with E-state index in [1.54, 1.807) is 19.2 Å². The molecule has 0 saturated carbocycles. The number of nitrogens with zero attached hydrogens (tertiary/aromatic N) is 1. The number of carbonyl (C=O) groups excluding carboxylic acids is 3. The molecule has 0 aliphatic carbocycles. The lowest BCUT2D eigenvalue weighted by Crippen LogP contribution is -2.35. The molecule has 0 radical (unpaired) electrons. The molecule has 5 heteroatoms. The highest BCUT2D eigenvalue weighted by Gasteiger charge is 2.16. The number of amides is 2. The SMILES string of the molecule is Cc1ccc(C(=O)CCC(=O)N(C)CC(=O)Nc2cccc(C)c2C)cc1. The maximum Gasteiger partial charge on any atom is 0.243 e. The molecule has 27 heavy (non-hydrogen) atoms. The third-order valence-electron chi connectivity index (χ3n) is 4.62. The van der Waals surface area contributed by atoms with Crippen LogP contribution in [0, 0.1) is 20.8 Å². The second-order valence-corrected chi connectivity index (χ2v) is 6.83. The summed E-state index contributed by atoms with van der Waals surface area (Å²) < 4.78 is 0. The Kier molecular flexibility index (Phi) is 6.88. The summed E-state index contributed by atoms with van der Waals surface area (Å²) >= 11 is 0. The first kappa shape index (κ1) is 20.4. The molecule has 0 heterocycles. The van der Waals surface area contributed by atoms with Crippen LogP contribution in [0.4, 0.5) is 5.69 Å². The minimum Gasteiger partial charge on any atom is -0.336 e. The number of aryl methyl sites for hydroxylation is 2. The number of rotatable bonds is 7. The third-order valence-corrected chi connectivity index (χ3v) is 4.62. The fraction of sp³-hybridized carbons (Fsp3) is 0.318. The van der Waals surface area contributed by atoms with Crippen molar-refractivity contribution in [3.8, 4) is 0 Å². The number of nitrogens with one attached hydrogen (secondary N) is 1. The van der Waals surface area contributed by atoms with Crippen molar-refractivity contribution in [1.29, 1.82) is 0 Å². The quantitative estimate of drug-likeness (QED) is 0.760. The Labute approximate surface area is 160 Å². The fourth-order valence-corrected chi connectivity index (χ4v) is 2.67. The molecule has 1 N–H and O–H groups in total. The van der Waals surface area contributed by atoms with Crippen molar-refractivity contribution < 1.29 is 14.4 Å². The molecule has 0 unspecified atom stereocenters. The Hall–Kier alpha value is -2.95. The second kappa shape index (κ2) is 9.12. The van der Waals surface area contributed by atoms with Crippen LogP contribution in [-0.2, 0) is 9.59 Å². The number of likely N-dealkylation sites (N-methyl/N-ethyl adjacent to an activating group) is 1. The lowest BCUT2D eigenvalue weighted by molar-refractivity contribution is -0.133. The Balaban J connectivity index is 1.84. The van der Waals surface area contributed by atoms with Crippen LogP contribution >= 0.6 is 0 Å². The van der Waals surface area contributed by atoms with Gasteiger partial charge in [0.1, 0.15) is 0 Å². The summed E-state index contributed by atoms with van der Waals surface area (Å²) in [5, 5.41) is 2.83. The number of anilines is 1. The van der Waals surface area contributed by atoms with Crippen LogP contribution in [0.5, 0.6) is 0 Å². The number of ketones is 1. The molecule has 0 fully saturated rings. The van der Waals surface area contributed by atoms with Crippen LogP contribution in [0.3, 0.4) is 0 Å². The number of hydrogen-bond acceptors (Lipinski definition) is 3. The highest BCUT2D eigenvalue weighted by Crippen LogP contribution is 2.17. The van der Waals surface area contributed by atoms with Crippen molar-refractivity contribution in [2.24, 2.45) is 0 Å². The Morgan fingerprint density at radius 3 is 2.26 bits per heavy atom. The predicted octanol–water partition coefficient (Wildman–Crippen LogP) is 3.67. The summed E-state index contributed by atoms with van der Waals surface area (Å²) in [6, 6.07) is 13.0. The molecule has 0 aliphatic rings. The summed E-state index contributed by atoms with van der Waals surface area (Å²) in [4.78, 5) is 38.0. The summed E-state index contributed by atoms with van der Waals surface area (Å²) in [6.07, 6.45) is 0.213. The molecule has 5 nitrogen and oxygen atoms in total. The smallest absolute Gasteiger partial charge is 0.243 e. The zero-order valence-electron chi connectivity index (χ0n) is 16.3. The van der Waals surface area contributed by atoms with Gasteiger partial charge in [-0.1, -0.05) is 42.0 Å². The summed E-state index contributed by atoms with van der Waals surface area (Å²) in [5.74, 6) is -0.562. The normalized spacial score (nSPS) is 10.4. The molecule has 0 saturated heterocycles. The number of carbonyl (C=O) groups is 3. The molecule has 2 aromatic carbocycles. The van der Waals surface area contributed by atoms with E-state index >= 15 is 0 Å². The van der Waals surface area contributed by atoms with Crippen LogP contribution in [0.2, 0.25) is 0 Å². The molecule has 0 spiro atoms. The van der Waals surface area contributed by atoms with E-state index in [0.29, 0.717) is 5.56 Å². The monoisotopic (exact) mass is 366 g/mol. The van der Waals surface area contributed by atoms with Crippen LogP contribution in [0.1, 0.15) is 39.9 Å². The zero-order chi connectivity index (χ0) is 20.0. The largest absolute Gasteiger partial charge is 0.336 e. The van der Waals surface area contributed by atoms with Gasteiger partial charge in [0.25, 0.3) is 0 Å². The van der Waals surface area contributed by atoms with Gasteiger partial charge in [0, 0.05) is 31.1 Å². The minimum absolute atomic E-state index is 0.0507. The maximum atomic E-state index is 12.2. The molecular weight excluding hydrogens is 340 g/mol. The highest BCUT2D eigenvalue weighted by atomic mass is 16.2. The molecule has 2 rings (SSSR count). The van der Waals surface area contributed by atoms with E-state index in [2.05, 4.69) is 5.32 Å². The zero-order valence-corrected chi connectivity index (χ0v) is 16.3. The molecule has 142 valence electrons. The first-order valence-corrected chi connectivity index (χ1v) is 8.98. The van der Waals surface area contributed by atoms with Crippen molar-refractivity contribution in [2.45, 2.75) is 33.6 Å². The van der Waals surface area contributed by atoms with E-state index in [1.807, 2.05) is 51.1 Å². The highest BCUT2D eigenvalue weighted by molar-refractivity contribution is 5.99. The first-order valence-electron chi connectivity index (χ1n) is 8.98. The molecule has 0 aromatic heterocycles. The first-order chi connectivity index (χ1) is 12.8. The van der Waals surface area contributed by atoms with Crippen molar-refractivity contribution in [1.82, 2.24) is 4.90 Å². The average molecular weight is 366 g/mol. The van der Waals surface area contributed by atoms with Crippen LogP contribution in [-0.4, -0.2) is 36.1 Å².